The summed E-state index contributed by atoms with van der Waals surface area (Å²) in [5, 5.41) is 24.9. The van der Waals surface area contributed by atoms with Crippen LogP contribution < -0.4 is 10.1 Å². The van der Waals surface area contributed by atoms with Gasteiger partial charge in [0.25, 0.3) is 0 Å². The molecule has 1 saturated carbocycles. The Labute approximate surface area is 137 Å². The second kappa shape index (κ2) is 6.74. The van der Waals surface area contributed by atoms with Crippen LogP contribution in [0.15, 0.2) is 18.2 Å². The van der Waals surface area contributed by atoms with Gasteiger partial charge in [-0.15, -0.1) is 0 Å². The molecule has 0 atom stereocenters. The van der Waals surface area contributed by atoms with Crippen molar-refractivity contribution < 1.29 is 14.8 Å². The molecule has 0 aromatic heterocycles. The Hall–Kier alpha value is -1.82. The van der Waals surface area contributed by atoms with Crippen LogP contribution in [0.4, 0.5) is 11.4 Å². The van der Waals surface area contributed by atoms with E-state index in [9.17, 15) is 15.2 Å². The number of benzene rings is 1. The lowest BCUT2D eigenvalue weighted by Gasteiger charge is -2.32. The predicted octanol–water partition coefficient (Wildman–Crippen LogP) is 3.88. The highest BCUT2D eigenvalue weighted by molar-refractivity contribution is 5.58. The minimum atomic E-state index is -0.689. The molecule has 0 spiro atoms. The summed E-state index contributed by atoms with van der Waals surface area (Å²) in [6.45, 7) is 5.99. The van der Waals surface area contributed by atoms with E-state index in [0.29, 0.717) is 12.2 Å². The molecule has 0 amide bonds. The Balaban J connectivity index is 2.13. The topological polar surface area (TPSA) is 84.6 Å². The van der Waals surface area contributed by atoms with Crippen LogP contribution in [0.1, 0.15) is 52.9 Å². The van der Waals surface area contributed by atoms with Crippen molar-refractivity contribution in [2.75, 3.05) is 11.9 Å². The number of rotatable bonds is 5. The van der Waals surface area contributed by atoms with Gasteiger partial charge in [0.2, 0.25) is 0 Å². The Morgan fingerprint density at radius 1 is 1.30 bits per heavy atom. The fourth-order valence-electron chi connectivity index (χ4n) is 2.84. The Bertz CT molecular complexity index is 560. The Morgan fingerprint density at radius 3 is 2.52 bits per heavy atom. The number of nitrogens with zero attached hydrogens (tertiary/aromatic N) is 1. The first-order valence-electron chi connectivity index (χ1n) is 8.12. The monoisotopic (exact) mass is 322 g/mol. The zero-order valence-electron chi connectivity index (χ0n) is 14.1. The van der Waals surface area contributed by atoms with Gasteiger partial charge in [0, 0.05) is 24.4 Å². The summed E-state index contributed by atoms with van der Waals surface area (Å²) in [4.78, 5) is 10.7. The van der Waals surface area contributed by atoms with E-state index < -0.39 is 16.1 Å². The van der Waals surface area contributed by atoms with Crippen molar-refractivity contribution in [3.8, 4) is 5.75 Å². The highest BCUT2D eigenvalue weighted by atomic mass is 16.6. The molecule has 6 nitrogen and oxygen atoms in total. The average molecular weight is 322 g/mol. The van der Waals surface area contributed by atoms with Crippen LogP contribution in [-0.2, 0) is 0 Å². The van der Waals surface area contributed by atoms with Crippen molar-refractivity contribution in [3.05, 3.63) is 28.3 Å². The molecule has 128 valence electrons. The quantitative estimate of drug-likeness (QED) is 0.635. The average Bonchev–Trinajstić information content (AvgIpc) is 2.44. The zero-order valence-corrected chi connectivity index (χ0v) is 14.1. The standard InChI is InChI=1S/C17H26N2O4/c1-16(2,3)23-15-11-13(7-8-14(15)19(21)22)18-12-17(20)9-5-4-6-10-17/h7-8,11,18,20H,4-6,9-10,12H2,1-3H3. The molecule has 23 heavy (non-hydrogen) atoms. The van der Waals surface area contributed by atoms with Gasteiger partial charge < -0.3 is 15.2 Å². The fraction of sp³-hybridized carbons (Fsp3) is 0.647. The van der Waals surface area contributed by atoms with Gasteiger partial charge in [-0.2, -0.15) is 0 Å². The molecule has 0 aliphatic heterocycles. The van der Waals surface area contributed by atoms with E-state index in [-0.39, 0.29) is 11.4 Å². The molecule has 2 rings (SSSR count). The molecule has 1 aromatic carbocycles. The van der Waals surface area contributed by atoms with Crippen LogP contribution in [0, 0.1) is 10.1 Å². The van der Waals surface area contributed by atoms with E-state index in [1.807, 2.05) is 20.8 Å². The smallest absolute Gasteiger partial charge is 0.311 e. The molecule has 0 saturated heterocycles. The lowest BCUT2D eigenvalue weighted by atomic mass is 9.85. The van der Waals surface area contributed by atoms with Gasteiger partial charge in [-0.3, -0.25) is 10.1 Å². The predicted molar refractivity (Wildman–Crippen MR) is 90.0 cm³/mol. The van der Waals surface area contributed by atoms with Crippen LogP contribution in [0.3, 0.4) is 0 Å². The summed E-state index contributed by atoms with van der Waals surface area (Å²) in [5.41, 5.74) is -0.550. The number of aliphatic hydroxyl groups is 1. The van der Waals surface area contributed by atoms with E-state index >= 15 is 0 Å². The van der Waals surface area contributed by atoms with Crippen molar-refractivity contribution in [2.24, 2.45) is 0 Å². The molecule has 2 N–H and O–H groups in total. The molecule has 0 unspecified atom stereocenters. The molecule has 0 radical (unpaired) electrons. The van der Waals surface area contributed by atoms with Crippen LogP contribution >= 0.6 is 0 Å². The molecule has 1 aromatic rings. The van der Waals surface area contributed by atoms with Gasteiger partial charge in [0.05, 0.1) is 10.5 Å². The second-order valence-corrected chi connectivity index (χ2v) is 7.29. The molecule has 0 bridgehead atoms. The van der Waals surface area contributed by atoms with E-state index in [2.05, 4.69) is 5.32 Å². The molecule has 1 fully saturated rings. The maximum atomic E-state index is 11.1. The first kappa shape index (κ1) is 17.5. The number of nitrogens with one attached hydrogen (secondary N) is 1. The van der Waals surface area contributed by atoms with Crippen LogP contribution in [-0.4, -0.2) is 27.8 Å². The van der Waals surface area contributed by atoms with E-state index in [1.54, 1.807) is 12.1 Å². The second-order valence-electron chi connectivity index (χ2n) is 7.29. The van der Waals surface area contributed by atoms with Crippen LogP contribution in [0.2, 0.25) is 0 Å². The number of ether oxygens (including phenoxy) is 1. The van der Waals surface area contributed by atoms with Gasteiger partial charge in [-0.1, -0.05) is 19.3 Å². The number of hydrogen-bond acceptors (Lipinski definition) is 5. The highest BCUT2D eigenvalue weighted by Crippen LogP contribution is 2.34. The Kier molecular flexibility index (Phi) is 5.14. The van der Waals surface area contributed by atoms with Gasteiger partial charge in [-0.05, 0) is 39.7 Å². The third kappa shape index (κ3) is 5.10. The maximum absolute atomic E-state index is 11.1. The van der Waals surface area contributed by atoms with E-state index in [1.165, 1.54) is 12.5 Å². The van der Waals surface area contributed by atoms with Crippen molar-refractivity contribution in [2.45, 2.75) is 64.1 Å². The molecular weight excluding hydrogens is 296 g/mol. The Morgan fingerprint density at radius 2 is 1.96 bits per heavy atom. The summed E-state index contributed by atoms with van der Waals surface area (Å²) >= 11 is 0. The summed E-state index contributed by atoms with van der Waals surface area (Å²) in [5.74, 6) is 0.239. The molecule has 6 heteroatoms. The first-order valence-corrected chi connectivity index (χ1v) is 8.12. The van der Waals surface area contributed by atoms with Crippen LogP contribution in [0.25, 0.3) is 0 Å². The minimum Gasteiger partial charge on any atom is -0.481 e. The van der Waals surface area contributed by atoms with Gasteiger partial charge >= 0.3 is 5.69 Å². The normalized spacial score (nSPS) is 17.6. The molecule has 1 aliphatic rings. The maximum Gasteiger partial charge on any atom is 0.311 e. The van der Waals surface area contributed by atoms with Crippen molar-refractivity contribution in [3.63, 3.8) is 0 Å². The lowest BCUT2D eigenvalue weighted by Crippen LogP contribution is -2.38. The SMILES string of the molecule is CC(C)(C)Oc1cc(NCC2(O)CCCCC2)ccc1[N+](=O)[O-]. The number of hydrogen-bond donors (Lipinski definition) is 2. The summed E-state index contributed by atoms with van der Waals surface area (Å²) in [6, 6.07) is 4.73. The number of nitro groups is 1. The molecule has 1 aliphatic carbocycles. The number of nitro benzene ring substituents is 1. The minimum absolute atomic E-state index is 0.0538. The van der Waals surface area contributed by atoms with Gasteiger partial charge in [-0.25, -0.2) is 0 Å². The number of anilines is 1. The van der Waals surface area contributed by atoms with Crippen molar-refractivity contribution in [1.29, 1.82) is 0 Å². The summed E-state index contributed by atoms with van der Waals surface area (Å²) in [6.07, 6.45) is 4.83. The molecular formula is C17H26N2O4. The van der Waals surface area contributed by atoms with Crippen molar-refractivity contribution >= 4 is 11.4 Å². The summed E-state index contributed by atoms with van der Waals surface area (Å²) in [7, 11) is 0. The zero-order chi connectivity index (χ0) is 17.1. The fourth-order valence-corrected chi connectivity index (χ4v) is 2.84. The third-order valence-electron chi connectivity index (χ3n) is 3.98. The van der Waals surface area contributed by atoms with Gasteiger partial charge in [0.15, 0.2) is 5.75 Å². The third-order valence-corrected chi connectivity index (χ3v) is 3.98. The van der Waals surface area contributed by atoms with E-state index in [4.69, 9.17) is 4.74 Å². The highest BCUT2D eigenvalue weighted by Gasteiger charge is 2.29. The molecule has 0 heterocycles. The largest absolute Gasteiger partial charge is 0.481 e. The van der Waals surface area contributed by atoms with Crippen LogP contribution in [0.5, 0.6) is 5.75 Å². The first-order chi connectivity index (χ1) is 10.7. The van der Waals surface area contributed by atoms with E-state index in [0.717, 1.165) is 25.7 Å². The summed E-state index contributed by atoms with van der Waals surface area (Å²) < 4.78 is 5.71. The van der Waals surface area contributed by atoms with Gasteiger partial charge in [0.1, 0.15) is 5.60 Å². The van der Waals surface area contributed by atoms with Crippen molar-refractivity contribution in [1.82, 2.24) is 0 Å². The lowest BCUT2D eigenvalue weighted by molar-refractivity contribution is -0.386.